The molecule has 1 heterocycles. The van der Waals surface area contributed by atoms with E-state index in [1.54, 1.807) is 6.92 Å². The number of rotatable bonds is 1. The number of carboxylic acids is 1. The summed E-state index contributed by atoms with van der Waals surface area (Å²) in [7, 11) is 0. The molecule has 0 unspecified atom stereocenters. The first-order valence-corrected chi connectivity index (χ1v) is 3.87. The standard InChI is InChI=1S/C7H5BrFNO2/c1-3-5(8)2-4(7(11)12)6(9)10-3/h2H,1H3,(H,11,12). The van der Waals surface area contributed by atoms with Crippen molar-refractivity contribution >= 4 is 21.9 Å². The predicted octanol–water partition coefficient (Wildman–Crippen LogP) is 1.99. The Hall–Kier alpha value is -0.970. The highest BCUT2D eigenvalue weighted by Gasteiger charge is 2.13. The number of nitrogens with zero attached hydrogens (tertiary/aromatic N) is 1. The molecular formula is C7H5BrFNO2. The second kappa shape index (κ2) is 3.18. The van der Waals surface area contributed by atoms with E-state index in [0.29, 0.717) is 10.2 Å². The molecule has 0 aromatic carbocycles. The Morgan fingerprint density at radius 3 is 2.83 bits per heavy atom. The van der Waals surface area contributed by atoms with Crippen molar-refractivity contribution in [1.29, 1.82) is 0 Å². The number of hydrogen-bond acceptors (Lipinski definition) is 2. The molecule has 1 aromatic rings. The Bertz CT molecular complexity index is 340. The second-order valence-corrected chi connectivity index (χ2v) is 3.05. The predicted molar refractivity (Wildman–Crippen MR) is 43.6 cm³/mol. The van der Waals surface area contributed by atoms with E-state index in [0.717, 1.165) is 0 Å². The Kier molecular flexibility index (Phi) is 2.42. The van der Waals surface area contributed by atoms with E-state index in [9.17, 15) is 9.18 Å². The molecule has 1 aromatic heterocycles. The number of aryl methyl sites for hydroxylation is 1. The molecule has 64 valence electrons. The van der Waals surface area contributed by atoms with Gasteiger partial charge in [-0.1, -0.05) is 0 Å². The minimum atomic E-state index is -1.32. The molecule has 12 heavy (non-hydrogen) atoms. The van der Waals surface area contributed by atoms with Gasteiger partial charge in [0, 0.05) is 4.47 Å². The van der Waals surface area contributed by atoms with Gasteiger partial charge < -0.3 is 5.11 Å². The van der Waals surface area contributed by atoms with Crippen LogP contribution in [-0.2, 0) is 0 Å². The summed E-state index contributed by atoms with van der Waals surface area (Å²) >= 11 is 3.06. The largest absolute Gasteiger partial charge is 0.478 e. The molecule has 0 radical (unpaired) electrons. The fraction of sp³-hybridized carbons (Fsp3) is 0.143. The number of carboxylic acid groups (broad SMARTS) is 1. The Labute approximate surface area is 76.4 Å². The molecule has 0 saturated heterocycles. The quantitative estimate of drug-likeness (QED) is 0.756. The summed E-state index contributed by atoms with van der Waals surface area (Å²) in [6.07, 6.45) is 0. The van der Waals surface area contributed by atoms with Crippen molar-refractivity contribution in [2.24, 2.45) is 0 Å². The fourth-order valence-corrected chi connectivity index (χ4v) is 1.02. The molecule has 0 aliphatic rings. The topological polar surface area (TPSA) is 50.2 Å². The second-order valence-electron chi connectivity index (χ2n) is 2.20. The smallest absolute Gasteiger partial charge is 0.340 e. The Morgan fingerprint density at radius 2 is 2.33 bits per heavy atom. The van der Waals surface area contributed by atoms with Crippen molar-refractivity contribution in [3.8, 4) is 0 Å². The van der Waals surface area contributed by atoms with Crippen molar-refractivity contribution in [1.82, 2.24) is 4.98 Å². The third kappa shape index (κ3) is 1.61. The maximum absolute atomic E-state index is 12.8. The van der Waals surface area contributed by atoms with E-state index in [-0.39, 0.29) is 0 Å². The molecule has 5 heteroatoms. The molecule has 3 nitrogen and oxygen atoms in total. The van der Waals surface area contributed by atoms with Crippen molar-refractivity contribution < 1.29 is 14.3 Å². The van der Waals surface area contributed by atoms with Gasteiger partial charge in [-0.05, 0) is 28.9 Å². The normalized spacial score (nSPS) is 9.92. The zero-order chi connectivity index (χ0) is 9.30. The van der Waals surface area contributed by atoms with Crippen LogP contribution in [0.2, 0.25) is 0 Å². The Morgan fingerprint density at radius 1 is 1.75 bits per heavy atom. The maximum atomic E-state index is 12.8. The molecule has 0 aliphatic carbocycles. The molecule has 0 saturated carbocycles. The van der Waals surface area contributed by atoms with Crippen molar-refractivity contribution in [2.45, 2.75) is 6.92 Å². The molecular weight excluding hydrogens is 229 g/mol. The minimum Gasteiger partial charge on any atom is -0.478 e. The van der Waals surface area contributed by atoms with E-state index in [4.69, 9.17) is 5.11 Å². The average Bonchev–Trinajstić information content (AvgIpc) is 1.96. The van der Waals surface area contributed by atoms with Crippen LogP contribution in [0.5, 0.6) is 0 Å². The summed E-state index contributed by atoms with van der Waals surface area (Å²) in [6.45, 7) is 1.58. The van der Waals surface area contributed by atoms with Crippen molar-refractivity contribution in [2.75, 3.05) is 0 Å². The van der Waals surface area contributed by atoms with Crippen molar-refractivity contribution in [3.63, 3.8) is 0 Å². The highest BCUT2D eigenvalue weighted by molar-refractivity contribution is 9.10. The van der Waals surface area contributed by atoms with Gasteiger partial charge in [0.25, 0.3) is 0 Å². The lowest BCUT2D eigenvalue weighted by Gasteiger charge is -2.00. The Balaban J connectivity index is 3.33. The van der Waals surface area contributed by atoms with Gasteiger partial charge in [-0.25, -0.2) is 9.78 Å². The zero-order valence-electron chi connectivity index (χ0n) is 6.14. The van der Waals surface area contributed by atoms with E-state index in [2.05, 4.69) is 20.9 Å². The van der Waals surface area contributed by atoms with E-state index in [1.807, 2.05) is 0 Å². The fourth-order valence-electron chi connectivity index (χ4n) is 0.702. The first-order chi connectivity index (χ1) is 5.52. The van der Waals surface area contributed by atoms with Gasteiger partial charge in [-0.2, -0.15) is 4.39 Å². The van der Waals surface area contributed by atoms with Crippen LogP contribution in [0.15, 0.2) is 10.5 Å². The molecule has 1 rings (SSSR count). The highest BCUT2D eigenvalue weighted by atomic mass is 79.9. The number of aromatic nitrogens is 1. The third-order valence-electron chi connectivity index (χ3n) is 1.34. The summed E-state index contributed by atoms with van der Waals surface area (Å²) in [6, 6.07) is 1.19. The number of hydrogen-bond donors (Lipinski definition) is 1. The summed E-state index contributed by atoms with van der Waals surface area (Å²) in [5, 5.41) is 8.48. The van der Waals surface area contributed by atoms with E-state index < -0.39 is 17.5 Å². The van der Waals surface area contributed by atoms with Gasteiger partial charge in [0.15, 0.2) is 0 Å². The molecule has 0 aliphatic heterocycles. The molecule has 0 atom stereocenters. The highest BCUT2D eigenvalue weighted by Crippen LogP contribution is 2.17. The summed E-state index contributed by atoms with van der Waals surface area (Å²) in [5.41, 5.74) is 0.00461. The number of pyridine rings is 1. The average molecular weight is 234 g/mol. The van der Waals surface area contributed by atoms with Crippen LogP contribution in [0.1, 0.15) is 16.1 Å². The maximum Gasteiger partial charge on any atom is 0.340 e. The first kappa shape index (κ1) is 9.12. The summed E-state index contributed by atoms with van der Waals surface area (Å²) < 4.78 is 13.3. The van der Waals surface area contributed by atoms with Gasteiger partial charge in [-0.15, -0.1) is 0 Å². The lowest BCUT2D eigenvalue weighted by Crippen LogP contribution is -2.03. The molecule has 0 fully saturated rings. The molecule has 0 spiro atoms. The molecule has 0 bridgehead atoms. The van der Waals surface area contributed by atoms with Crippen LogP contribution in [-0.4, -0.2) is 16.1 Å². The van der Waals surface area contributed by atoms with Crippen LogP contribution in [0.3, 0.4) is 0 Å². The minimum absolute atomic E-state index is 0.424. The van der Waals surface area contributed by atoms with Crippen LogP contribution in [0.25, 0.3) is 0 Å². The number of aromatic carboxylic acids is 1. The monoisotopic (exact) mass is 233 g/mol. The lowest BCUT2D eigenvalue weighted by molar-refractivity contribution is 0.0690. The van der Waals surface area contributed by atoms with Gasteiger partial charge in [0.2, 0.25) is 5.95 Å². The SMILES string of the molecule is Cc1nc(F)c(C(=O)O)cc1Br. The van der Waals surface area contributed by atoms with Gasteiger partial charge in [-0.3, -0.25) is 0 Å². The van der Waals surface area contributed by atoms with Crippen LogP contribution >= 0.6 is 15.9 Å². The van der Waals surface area contributed by atoms with E-state index in [1.165, 1.54) is 6.07 Å². The molecule has 0 amide bonds. The molecule has 1 N–H and O–H groups in total. The first-order valence-electron chi connectivity index (χ1n) is 3.08. The summed E-state index contributed by atoms with van der Waals surface area (Å²) in [5.74, 6) is -2.27. The van der Waals surface area contributed by atoms with Crippen molar-refractivity contribution in [3.05, 3.63) is 27.7 Å². The van der Waals surface area contributed by atoms with Crippen LogP contribution < -0.4 is 0 Å². The number of halogens is 2. The number of carbonyl (C=O) groups is 1. The lowest BCUT2D eigenvalue weighted by atomic mass is 10.2. The third-order valence-corrected chi connectivity index (χ3v) is 2.14. The summed E-state index contributed by atoms with van der Waals surface area (Å²) in [4.78, 5) is 13.8. The van der Waals surface area contributed by atoms with Gasteiger partial charge in [0.1, 0.15) is 5.56 Å². The zero-order valence-corrected chi connectivity index (χ0v) is 7.72. The van der Waals surface area contributed by atoms with Gasteiger partial charge >= 0.3 is 5.97 Å². The van der Waals surface area contributed by atoms with E-state index >= 15 is 0 Å². The van der Waals surface area contributed by atoms with Crippen LogP contribution in [0, 0.1) is 12.9 Å². The van der Waals surface area contributed by atoms with Crippen LogP contribution in [0.4, 0.5) is 4.39 Å². The van der Waals surface area contributed by atoms with Gasteiger partial charge in [0.05, 0.1) is 5.69 Å².